The number of amides is 1. The number of aryl methyl sites for hydroxylation is 2. The molecule has 0 radical (unpaired) electrons. The molecule has 1 aromatic carbocycles. The van der Waals surface area contributed by atoms with Crippen LogP contribution >= 0.6 is 11.6 Å². The summed E-state index contributed by atoms with van der Waals surface area (Å²) in [5.41, 5.74) is 5.07. The molecule has 6 heteroatoms. The molecule has 2 rings (SSSR count). The van der Waals surface area contributed by atoms with E-state index in [1.54, 1.807) is 36.7 Å². The summed E-state index contributed by atoms with van der Waals surface area (Å²) in [6.07, 6.45) is 4.84. The molecule has 0 fully saturated rings. The summed E-state index contributed by atoms with van der Waals surface area (Å²) < 4.78 is 5.43. The van der Waals surface area contributed by atoms with Crippen molar-refractivity contribution in [2.45, 2.75) is 13.8 Å². The normalized spacial score (nSPS) is 10.7. The summed E-state index contributed by atoms with van der Waals surface area (Å²) >= 11 is 6.08. The summed E-state index contributed by atoms with van der Waals surface area (Å²) in [5.74, 6) is 0.267. The number of nitrogens with zero attached hydrogens (tertiary/aromatic N) is 2. The van der Waals surface area contributed by atoms with E-state index in [0.717, 1.165) is 16.7 Å². The van der Waals surface area contributed by atoms with E-state index in [1.807, 2.05) is 13.8 Å². The Labute approximate surface area is 134 Å². The molecule has 0 spiro atoms. The lowest BCUT2D eigenvalue weighted by molar-refractivity contribution is -0.123. The molecule has 22 heavy (non-hydrogen) atoms. The van der Waals surface area contributed by atoms with Gasteiger partial charge in [-0.25, -0.2) is 5.43 Å². The molecule has 5 nitrogen and oxygen atoms in total. The van der Waals surface area contributed by atoms with E-state index in [2.05, 4.69) is 15.5 Å². The molecule has 114 valence electrons. The van der Waals surface area contributed by atoms with Gasteiger partial charge in [0, 0.05) is 17.4 Å². The SMILES string of the molecule is Cc1cc(OCC(=O)N/N=C\c2ccncc2)cc(C)c1Cl. The number of hydrogen-bond acceptors (Lipinski definition) is 4. The van der Waals surface area contributed by atoms with Crippen LogP contribution in [0.1, 0.15) is 16.7 Å². The number of aromatic nitrogens is 1. The third-order valence-corrected chi connectivity index (χ3v) is 3.49. The number of rotatable bonds is 5. The van der Waals surface area contributed by atoms with Gasteiger partial charge in [0.1, 0.15) is 5.75 Å². The molecule has 1 amide bonds. The Morgan fingerprint density at radius 2 is 1.95 bits per heavy atom. The Kier molecular flexibility index (Phi) is 5.49. The Balaban J connectivity index is 1.84. The first-order chi connectivity index (χ1) is 10.6. The number of carbonyl (C=O) groups excluding carboxylic acids is 1. The van der Waals surface area contributed by atoms with E-state index in [-0.39, 0.29) is 12.5 Å². The van der Waals surface area contributed by atoms with Crippen molar-refractivity contribution in [2.75, 3.05) is 6.61 Å². The molecular weight excluding hydrogens is 302 g/mol. The lowest BCUT2D eigenvalue weighted by Crippen LogP contribution is -2.24. The molecule has 2 aromatic rings. The standard InChI is InChI=1S/C16H16ClN3O2/c1-11-7-14(8-12(2)16(11)17)22-10-15(21)20-19-9-13-3-5-18-6-4-13/h3-9H,10H2,1-2H3,(H,20,21)/b19-9-. The third kappa shape index (κ3) is 4.56. The minimum atomic E-state index is -0.337. The molecule has 0 aliphatic rings. The zero-order valence-electron chi connectivity index (χ0n) is 12.3. The molecule has 0 atom stereocenters. The first-order valence-electron chi connectivity index (χ1n) is 6.68. The first kappa shape index (κ1) is 16.0. The minimum Gasteiger partial charge on any atom is -0.484 e. The first-order valence-corrected chi connectivity index (χ1v) is 7.05. The van der Waals surface area contributed by atoms with Gasteiger partial charge in [-0.1, -0.05) is 11.6 Å². The number of ether oxygens (including phenoxy) is 1. The fraction of sp³-hybridized carbons (Fsp3) is 0.188. The second-order valence-electron chi connectivity index (χ2n) is 4.73. The van der Waals surface area contributed by atoms with Crippen molar-refractivity contribution in [2.24, 2.45) is 5.10 Å². The van der Waals surface area contributed by atoms with Crippen LogP contribution in [0.2, 0.25) is 5.02 Å². The molecular formula is C16H16ClN3O2. The molecule has 0 saturated heterocycles. The van der Waals surface area contributed by atoms with E-state index in [0.29, 0.717) is 10.8 Å². The highest BCUT2D eigenvalue weighted by molar-refractivity contribution is 6.32. The molecule has 1 aromatic heterocycles. The van der Waals surface area contributed by atoms with Crippen molar-refractivity contribution in [3.8, 4) is 5.75 Å². The van der Waals surface area contributed by atoms with Gasteiger partial charge in [-0.3, -0.25) is 9.78 Å². The number of carbonyl (C=O) groups is 1. The van der Waals surface area contributed by atoms with Gasteiger partial charge in [-0.2, -0.15) is 5.10 Å². The zero-order valence-corrected chi connectivity index (χ0v) is 13.1. The fourth-order valence-electron chi connectivity index (χ4n) is 1.80. The van der Waals surface area contributed by atoms with Gasteiger partial charge in [-0.05, 0) is 54.8 Å². The highest BCUT2D eigenvalue weighted by atomic mass is 35.5. The molecule has 0 saturated carbocycles. The highest BCUT2D eigenvalue weighted by Gasteiger charge is 2.06. The Morgan fingerprint density at radius 3 is 2.59 bits per heavy atom. The number of halogens is 1. The zero-order chi connectivity index (χ0) is 15.9. The van der Waals surface area contributed by atoms with Crippen LogP contribution in [0.5, 0.6) is 5.75 Å². The van der Waals surface area contributed by atoms with E-state index < -0.39 is 0 Å². The monoisotopic (exact) mass is 317 g/mol. The predicted molar refractivity (Wildman–Crippen MR) is 86.4 cm³/mol. The van der Waals surface area contributed by atoms with E-state index >= 15 is 0 Å². The lowest BCUT2D eigenvalue weighted by Gasteiger charge is -2.09. The van der Waals surface area contributed by atoms with E-state index in [9.17, 15) is 4.79 Å². The molecule has 0 bridgehead atoms. The maximum absolute atomic E-state index is 11.7. The van der Waals surface area contributed by atoms with Crippen molar-refractivity contribution in [1.29, 1.82) is 0 Å². The second-order valence-corrected chi connectivity index (χ2v) is 5.11. The van der Waals surface area contributed by atoms with E-state index in [4.69, 9.17) is 16.3 Å². The van der Waals surface area contributed by atoms with Crippen LogP contribution in [0.25, 0.3) is 0 Å². The predicted octanol–water partition coefficient (Wildman–Crippen LogP) is 2.88. The smallest absolute Gasteiger partial charge is 0.277 e. The quantitative estimate of drug-likeness (QED) is 0.681. The molecule has 0 aliphatic carbocycles. The van der Waals surface area contributed by atoms with Crippen molar-refractivity contribution < 1.29 is 9.53 Å². The molecule has 0 unspecified atom stereocenters. The topological polar surface area (TPSA) is 63.6 Å². The Hall–Kier alpha value is -2.40. The van der Waals surface area contributed by atoms with Crippen LogP contribution in [-0.4, -0.2) is 23.7 Å². The number of pyridine rings is 1. The largest absolute Gasteiger partial charge is 0.484 e. The summed E-state index contributed by atoms with van der Waals surface area (Å²) in [6.45, 7) is 3.66. The van der Waals surface area contributed by atoms with E-state index in [1.165, 1.54) is 6.21 Å². The second kappa shape index (κ2) is 7.56. The number of hydrazone groups is 1. The maximum Gasteiger partial charge on any atom is 0.277 e. The number of benzene rings is 1. The average molecular weight is 318 g/mol. The van der Waals surface area contributed by atoms with Gasteiger partial charge in [0.05, 0.1) is 6.21 Å². The minimum absolute atomic E-state index is 0.117. The number of nitrogens with one attached hydrogen (secondary N) is 1. The van der Waals surface area contributed by atoms with Crippen LogP contribution in [0.3, 0.4) is 0 Å². The van der Waals surface area contributed by atoms with Crippen LogP contribution in [-0.2, 0) is 4.79 Å². The highest BCUT2D eigenvalue weighted by Crippen LogP contribution is 2.25. The summed E-state index contributed by atoms with van der Waals surface area (Å²) in [4.78, 5) is 15.5. The van der Waals surface area contributed by atoms with Crippen molar-refractivity contribution in [1.82, 2.24) is 10.4 Å². The van der Waals surface area contributed by atoms with Gasteiger partial charge < -0.3 is 4.74 Å². The van der Waals surface area contributed by atoms with Crippen LogP contribution in [0.4, 0.5) is 0 Å². The lowest BCUT2D eigenvalue weighted by atomic mass is 10.1. The van der Waals surface area contributed by atoms with Gasteiger partial charge in [0.2, 0.25) is 0 Å². The Bertz CT molecular complexity index is 664. The van der Waals surface area contributed by atoms with Gasteiger partial charge in [0.25, 0.3) is 5.91 Å². The summed E-state index contributed by atoms with van der Waals surface area (Å²) in [5, 5.41) is 4.56. The van der Waals surface area contributed by atoms with Gasteiger partial charge in [-0.15, -0.1) is 0 Å². The van der Waals surface area contributed by atoms with Crippen molar-refractivity contribution >= 4 is 23.7 Å². The molecule has 0 aliphatic heterocycles. The van der Waals surface area contributed by atoms with Crippen LogP contribution in [0, 0.1) is 13.8 Å². The van der Waals surface area contributed by atoms with Gasteiger partial charge in [0.15, 0.2) is 6.61 Å². The van der Waals surface area contributed by atoms with Crippen molar-refractivity contribution in [3.63, 3.8) is 0 Å². The van der Waals surface area contributed by atoms with Gasteiger partial charge >= 0.3 is 0 Å². The average Bonchev–Trinajstić information content (AvgIpc) is 2.51. The van der Waals surface area contributed by atoms with Crippen molar-refractivity contribution in [3.05, 3.63) is 58.4 Å². The third-order valence-electron chi connectivity index (χ3n) is 2.89. The summed E-state index contributed by atoms with van der Waals surface area (Å²) in [6, 6.07) is 7.16. The maximum atomic E-state index is 11.7. The summed E-state index contributed by atoms with van der Waals surface area (Å²) in [7, 11) is 0. The number of hydrogen-bond donors (Lipinski definition) is 1. The Morgan fingerprint density at radius 1 is 1.32 bits per heavy atom. The molecule has 1 N–H and O–H groups in total. The molecule has 1 heterocycles. The fourth-order valence-corrected chi connectivity index (χ4v) is 1.91. The van der Waals surface area contributed by atoms with Crippen LogP contribution in [0.15, 0.2) is 41.8 Å². The van der Waals surface area contributed by atoms with Crippen LogP contribution < -0.4 is 10.2 Å².